The van der Waals surface area contributed by atoms with Gasteiger partial charge in [-0.2, -0.15) is 0 Å². The second-order valence-corrected chi connectivity index (χ2v) is 4.23. The smallest absolute Gasteiger partial charge is 0.354 e. The van der Waals surface area contributed by atoms with Crippen LogP contribution in [0.25, 0.3) is 0 Å². The Bertz CT molecular complexity index is 651. The van der Waals surface area contributed by atoms with Gasteiger partial charge < -0.3 is 15.4 Å². The fraction of sp³-hybridized carbons (Fsp3) is 0.0833. The van der Waals surface area contributed by atoms with E-state index in [0.29, 0.717) is 5.69 Å². The Kier molecular flexibility index (Phi) is 3.52. The third-order valence-corrected chi connectivity index (χ3v) is 2.57. The first-order chi connectivity index (χ1) is 8.97. The Hall–Kier alpha value is -2.34. The topological polar surface area (TPSA) is 95.1 Å². The molecule has 2 heterocycles. The number of pyridine rings is 1. The SMILES string of the molecule is Cc1cc(NC(=O)c2cccc(Cl)n2)c(C(=O)O)[nH]1. The standard InChI is InChI=1S/C12H10ClN3O3/c1-6-5-8(10(14-6)12(18)19)16-11(17)7-3-2-4-9(13)15-7/h2-5,14H,1H3,(H,16,17)(H,18,19). The van der Waals surface area contributed by atoms with Gasteiger partial charge in [-0.25, -0.2) is 9.78 Å². The van der Waals surface area contributed by atoms with E-state index in [4.69, 9.17) is 16.7 Å². The average molecular weight is 280 g/mol. The lowest BCUT2D eigenvalue weighted by atomic mass is 10.3. The van der Waals surface area contributed by atoms with Crippen molar-refractivity contribution in [3.05, 3.63) is 46.5 Å². The molecule has 6 nitrogen and oxygen atoms in total. The van der Waals surface area contributed by atoms with Crippen LogP contribution in [0.4, 0.5) is 5.69 Å². The molecule has 1 amide bonds. The summed E-state index contributed by atoms with van der Waals surface area (Å²) in [5, 5.41) is 11.7. The first kappa shape index (κ1) is 13.1. The van der Waals surface area contributed by atoms with Crippen LogP contribution in [-0.4, -0.2) is 27.0 Å². The summed E-state index contributed by atoms with van der Waals surface area (Å²) in [5.74, 6) is -1.67. The zero-order chi connectivity index (χ0) is 14.0. The van der Waals surface area contributed by atoms with Gasteiger partial charge in [-0.05, 0) is 25.1 Å². The Morgan fingerprint density at radius 1 is 1.42 bits per heavy atom. The zero-order valence-corrected chi connectivity index (χ0v) is 10.7. The predicted molar refractivity (Wildman–Crippen MR) is 69.7 cm³/mol. The number of hydrogen-bond acceptors (Lipinski definition) is 3. The number of anilines is 1. The van der Waals surface area contributed by atoms with Gasteiger partial charge in [-0.15, -0.1) is 0 Å². The molecule has 2 aromatic rings. The molecule has 0 fully saturated rings. The van der Waals surface area contributed by atoms with Crippen molar-refractivity contribution in [1.29, 1.82) is 0 Å². The molecule has 0 saturated heterocycles. The summed E-state index contributed by atoms with van der Waals surface area (Å²) < 4.78 is 0. The Morgan fingerprint density at radius 3 is 2.79 bits per heavy atom. The molecule has 7 heteroatoms. The van der Waals surface area contributed by atoms with Crippen LogP contribution in [0.1, 0.15) is 26.7 Å². The van der Waals surface area contributed by atoms with Gasteiger partial charge in [0.1, 0.15) is 16.5 Å². The molecular formula is C12H10ClN3O3. The van der Waals surface area contributed by atoms with E-state index in [0.717, 1.165) is 0 Å². The third-order valence-electron chi connectivity index (χ3n) is 2.36. The van der Waals surface area contributed by atoms with Crippen molar-refractivity contribution in [2.45, 2.75) is 6.92 Å². The summed E-state index contributed by atoms with van der Waals surface area (Å²) in [6, 6.07) is 6.15. The van der Waals surface area contributed by atoms with Crippen molar-refractivity contribution >= 4 is 29.2 Å². The molecular weight excluding hydrogens is 270 g/mol. The van der Waals surface area contributed by atoms with Crippen molar-refractivity contribution < 1.29 is 14.7 Å². The van der Waals surface area contributed by atoms with Gasteiger partial charge in [0.25, 0.3) is 5.91 Å². The average Bonchev–Trinajstić information content (AvgIpc) is 2.70. The van der Waals surface area contributed by atoms with Crippen LogP contribution in [0.15, 0.2) is 24.3 Å². The molecule has 0 aliphatic heterocycles. The first-order valence-corrected chi connectivity index (χ1v) is 5.72. The van der Waals surface area contributed by atoms with Gasteiger partial charge in [0.05, 0.1) is 5.69 Å². The van der Waals surface area contributed by atoms with Gasteiger partial charge in [0, 0.05) is 5.69 Å². The van der Waals surface area contributed by atoms with Gasteiger partial charge in [0.15, 0.2) is 0 Å². The highest BCUT2D eigenvalue weighted by atomic mass is 35.5. The maximum absolute atomic E-state index is 11.9. The van der Waals surface area contributed by atoms with E-state index in [-0.39, 0.29) is 22.2 Å². The number of carboxylic acid groups (broad SMARTS) is 1. The van der Waals surface area contributed by atoms with Crippen molar-refractivity contribution in [1.82, 2.24) is 9.97 Å². The summed E-state index contributed by atoms with van der Waals surface area (Å²) in [6.45, 7) is 1.69. The highest BCUT2D eigenvalue weighted by Crippen LogP contribution is 2.18. The number of carbonyl (C=O) groups excluding carboxylic acids is 1. The lowest BCUT2D eigenvalue weighted by Crippen LogP contribution is -2.15. The Labute approximate surface area is 113 Å². The lowest BCUT2D eigenvalue weighted by Gasteiger charge is -2.03. The van der Waals surface area contributed by atoms with Crippen LogP contribution >= 0.6 is 11.6 Å². The third kappa shape index (κ3) is 2.92. The number of nitrogens with zero attached hydrogens (tertiary/aromatic N) is 1. The summed E-state index contributed by atoms with van der Waals surface area (Å²) in [7, 11) is 0. The molecule has 2 rings (SSSR count). The van der Waals surface area contributed by atoms with Crippen LogP contribution in [0.2, 0.25) is 5.15 Å². The summed E-state index contributed by atoms with van der Waals surface area (Å²) >= 11 is 5.69. The number of nitrogens with one attached hydrogen (secondary N) is 2. The molecule has 2 aromatic heterocycles. The summed E-state index contributed by atoms with van der Waals surface area (Å²) in [5.41, 5.74) is 0.860. The molecule has 0 aliphatic rings. The summed E-state index contributed by atoms with van der Waals surface area (Å²) in [4.78, 5) is 29.4. The number of H-pyrrole nitrogens is 1. The van der Waals surface area contributed by atoms with E-state index in [2.05, 4.69) is 15.3 Å². The number of aryl methyl sites for hydroxylation is 1. The van der Waals surface area contributed by atoms with Gasteiger partial charge in [-0.3, -0.25) is 4.79 Å². The molecule has 0 atom stereocenters. The van der Waals surface area contributed by atoms with E-state index in [1.54, 1.807) is 19.1 Å². The fourth-order valence-corrected chi connectivity index (χ4v) is 1.74. The molecule has 19 heavy (non-hydrogen) atoms. The predicted octanol–water partition coefficient (Wildman–Crippen LogP) is 2.32. The van der Waals surface area contributed by atoms with E-state index >= 15 is 0 Å². The number of aromatic amines is 1. The van der Waals surface area contributed by atoms with E-state index in [1.165, 1.54) is 12.1 Å². The van der Waals surface area contributed by atoms with Crippen molar-refractivity contribution in [2.75, 3.05) is 5.32 Å². The molecule has 98 valence electrons. The van der Waals surface area contributed by atoms with Crippen LogP contribution in [0.3, 0.4) is 0 Å². The number of aromatic nitrogens is 2. The second kappa shape index (κ2) is 5.11. The van der Waals surface area contributed by atoms with Crippen molar-refractivity contribution in [3.8, 4) is 0 Å². The largest absolute Gasteiger partial charge is 0.477 e. The van der Waals surface area contributed by atoms with E-state index in [1.807, 2.05) is 0 Å². The number of carbonyl (C=O) groups is 2. The maximum Gasteiger partial charge on any atom is 0.354 e. The number of amides is 1. The van der Waals surface area contributed by atoms with Gasteiger partial charge in [-0.1, -0.05) is 17.7 Å². The minimum absolute atomic E-state index is 0.0760. The Balaban J connectivity index is 2.26. The molecule has 0 aliphatic carbocycles. The Morgan fingerprint density at radius 2 is 2.16 bits per heavy atom. The highest BCUT2D eigenvalue weighted by molar-refractivity contribution is 6.29. The van der Waals surface area contributed by atoms with Crippen LogP contribution in [-0.2, 0) is 0 Å². The molecule has 0 saturated carbocycles. The highest BCUT2D eigenvalue weighted by Gasteiger charge is 2.16. The number of hydrogen-bond donors (Lipinski definition) is 3. The number of rotatable bonds is 3. The molecule has 0 spiro atoms. The van der Waals surface area contributed by atoms with Crippen molar-refractivity contribution in [3.63, 3.8) is 0 Å². The minimum Gasteiger partial charge on any atom is -0.477 e. The van der Waals surface area contributed by atoms with Crippen LogP contribution < -0.4 is 5.32 Å². The molecule has 0 aromatic carbocycles. The molecule has 0 bridgehead atoms. The van der Waals surface area contributed by atoms with E-state index in [9.17, 15) is 9.59 Å². The molecule has 3 N–H and O–H groups in total. The maximum atomic E-state index is 11.9. The van der Waals surface area contributed by atoms with Crippen LogP contribution in [0.5, 0.6) is 0 Å². The number of carboxylic acids is 1. The normalized spacial score (nSPS) is 10.2. The first-order valence-electron chi connectivity index (χ1n) is 5.34. The van der Waals surface area contributed by atoms with Crippen molar-refractivity contribution in [2.24, 2.45) is 0 Å². The second-order valence-electron chi connectivity index (χ2n) is 3.85. The fourth-order valence-electron chi connectivity index (χ4n) is 1.58. The molecule has 0 unspecified atom stereocenters. The van der Waals surface area contributed by atoms with E-state index < -0.39 is 11.9 Å². The lowest BCUT2D eigenvalue weighted by molar-refractivity contribution is 0.0692. The van der Waals surface area contributed by atoms with Crippen LogP contribution in [0, 0.1) is 6.92 Å². The van der Waals surface area contributed by atoms with Gasteiger partial charge >= 0.3 is 5.97 Å². The zero-order valence-electron chi connectivity index (χ0n) is 9.90. The molecule has 0 radical (unpaired) electrons. The monoisotopic (exact) mass is 279 g/mol. The quantitative estimate of drug-likeness (QED) is 0.751. The minimum atomic E-state index is -1.15. The number of halogens is 1. The number of aromatic carboxylic acids is 1. The summed E-state index contributed by atoms with van der Waals surface area (Å²) in [6.07, 6.45) is 0. The van der Waals surface area contributed by atoms with Gasteiger partial charge in [0.2, 0.25) is 0 Å².